The van der Waals surface area contributed by atoms with Crippen LogP contribution in [0.4, 0.5) is 5.69 Å². The number of para-hydroxylation sites is 2. The van der Waals surface area contributed by atoms with Gasteiger partial charge in [0.25, 0.3) is 0 Å². The summed E-state index contributed by atoms with van der Waals surface area (Å²) >= 11 is 0. The van der Waals surface area contributed by atoms with E-state index in [4.69, 9.17) is 4.74 Å². The van der Waals surface area contributed by atoms with Gasteiger partial charge < -0.3 is 4.74 Å². The third kappa shape index (κ3) is 2.01. The van der Waals surface area contributed by atoms with E-state index in [-0.39, 0.29) is 5.78 Å². The molecule has 0 aromatic heterocycles. The molecule has 0 atom stereocenters. The van der Waals surface area contributed by atoms with Gasteiger partial charge in [0.15, 0.2) is 5.78 Å². The normalized spacial score (nSPS) is 13.7. The number of rotatable bonds is 2. The maximum Gasteiger partial charge on any atom is 0.171 e. The number of aliphatic imine (C=N–C) groups is 1. The second-order valence-electron chi connectivity index (χ2n) is 4.83. The average molecular weight is 265 g/mol. The number of nitrogens with zero attached hydrogens (tertiary/aromatic N) is 1. The average Bonchev–Trinajstić information content (AvgIpc) is 2.48. The molecule has 1 aliphatic rings. The lowest BCUT2D eigenvalue weighted by Gasteiger charge is -2.17. The number of ketones is 1. The van der Waals surface area contributed by atoms with Crippen LogP contribution in [0.25, 0.3) is 0 Å². The Morgan fingerprint density at radius 3 is 2.60 bits per heavy atom. The second kappa shape index (κ2) is 4.93. The van der Waals surface area contributed by atoms with Gasteiger partial charge in [0.2, 0.25) is 0 Å². The zero-order valence-corrected chi connectivity index (χ0v) is 11.5. The highest BCUT2D eigenvalue weighted by molar-refractivity contribution is 6.21. The Morgan fingerprint density at radius 1 is 1.05 bits per heavy atom. The van der Waals surface area contributed by atoms with E-state index in [0.717, 1.165) is 28.3 Å². The molecule has 0 N–H and O–H groups in total. The molecular weight excluding hydrogens is 250 g/mol. The molecule has 0 fully saturated rings. The third-order valence-electron chi connectivity index (χ3n) is 3.53. The van der Waals surface area contributed by atoms with Crippen LogP contribution in [-0.2, 0) is 0 Å². The Hall–Kier alpha value is -2.42. The van der Waals surface area contributed by atoms with Gasteiger partial charge in [-0.2, -0.15) is 0 Å². The zero-order chi connectivity index (χ0) is 14.1. The molecule has 0 radical (unpaired) electrons. The highest BCUT2D eigenvalue weighted by atomic mass is 16.5. The maximum atomic E-state index is 12.3. The Kier molecular flexibility index (Phi) is 3.11. The fourth-order valence-corrected chi connectivity index (χ4v) is 2.49. The van der Waals surface area contributed by atoms with E-state index in [0.29, 0.717) is 12.0 Å². The molecule has 0 spiro atoms. The first kappa shape index (κ1) is 12.6. The van der Waals surface area contributed by atoms with Crippen molar-refractivity contribution in [1.29, 1.82) is 0 Å². The highest BCUT2D eigenvalue weighted by Gasteiger charge is 2.23. The first-order valence-electron chi connectivity index (χ1n) is 6.54. The number of carbonyl (C=O) groups excluding carboxylic acids is 1. The topological polar surface area (TPSA) is 38.7 Å². The maximum absolute atomic E-state index is 12.3. The fraction of sp³-hybridized carbons (Fsp3) is 0.176. The monoisotopic (exact) mass is 265 g/mol. The number of fused-ring (bicyclic) bond motifs is 1. The van der Waals surface area contributed by atoms with E-state index in [2.05, 4.69) is 4.99 Å². The smallest absolute Gasteiger partial charge is 0.171 e. The standard InChI is InChI=1S/C17H15NO2/c1-11-6-5-8-13-15(19)10-14(18-17(11)13)12-7-3-4-9-16(12)20-2/h3-9H,10H2,1-2H3. The number of carbonyl (C=O) groups is 1. The van der Waals surface area contributed by atoms with Crippen molar-refractivity contribution < 1.29 is 9.53 Å². The summed E-state index contributed by atoms with van der Waals surface area (Å²) in [5, 5.41) is 0. The minimum Gasteiger partial charge on any atom is -0.496 e. The summed E-state index contributed by atoms with van der Waals surface area (Å²) in [5.74, 6) is 0.857. The molecule has 0 bridgehead atoms. The van der Waals surface area contributed by atoms with Crippen LogP contribution in [0.3, 0.4) is 0 Å². The molecule has 3 nitrogen and oxygen atoms in total. The molecule has 2 aromatic rings. The molecule has 20 heavy (non-hydrogen) atoms. The lowest BCUT2D eigenvalue weighted by Crippen LogP contribution is -2.15. The first-order chi connectivity index (χ1) is 9.70. The van der Waals surface area contributed by atoms with Gasteiger partial charge in [-0.15, -0.1) is 0 Å². The van der Waals surface area contributed by atoms with Crippen molar-refractivity contribution in [3.63, 3.8) is 0 Å². The molecule has 0 saturated heterocycles. The Balaban J connectivity index is 2.17. The largest absolute Gasteiger partial charge is 0.496 e. The third-order valence-corrected chi connectivity index (χ3v) is 3.53. The van der Waals surface area contributed by atoms with E-state index in [1.54, 1.807) is 7.11 Å². The van der Waals surface area contributed by atoms with Gasteiger partial charge >= 0.3 is 0 Å². The predicted octanol–water partition coefficient (Wildman–Crippen LogP) is 3.71. The van der Waals surface area contributed by atoms with Gasteiger partial charge in [-0.05, 0) is 30.7 Å². The quantitative estimate of drug-likeness (QED) is 0.830. The van der Waals surface area contributed by atoms with Crippen molar-refractivity contribution in [1.82, 2.24) is 0 Å². The molecule has 3 rings (SSSR count). The van der Waals surface area contributed by atoms with Crippen LogP contribution in [-0.4, -0.2) is 18.6 Å². The number of aryl methyl sites for hydroxylation is 1. The van der Waals surface area contributed by atoms with E-state index in [1.165, 1.54) is 0 Å². The molecule has 0 amide bonds. The van der Waals surface area contributed by atoms with Gasteiger partial charge in [-0.3, -0.25) is 9.79 Å². The number of Topliss-reactive ketones (excluding diaryl/α,β-unsaturated/α-hetero) is 1. The molecule has 1 heterocycles. The van der Waals surface area contributed by atoms with Gasteiger partial charge in [0, 0.05) is 11.1 Å². The lowest BCUT2D eigenvalue weighted by atomic mass is 9.94. The van der Waals surface area contributed by atoms with Gasteiger partial charge in [0.05, 0.1) is 24.9 Å². The summed E-state index contributed by atoms with van der Waals surface area (Å²) < 4.78 is 5.36. The second-order valence-corrected chi connectivity index (χ2v) is 4.83. The van der Waals surface area contributed by atoms with Crippen molar-refractivity contribution in [3.05, 3.63) is 59.2 Å². The summed E-state index contributed by atoms with van der Waals surface area (Å²) in [4.78, 5) is 17.0. The molecule has 0 aliphatic carbocycles. The van der Waals surface area contributed by atoms with Crippen molar-refractivity contribution in [2.24, 2.45) is 4.99 Å². The molecular formula is C17H15NO2. The van der Waals surface area contributed by atoms with Gasteiger partial charge in [-0.25, -0.2) is 0 Å². The predicted molar refractivity (Wildman–Crippen MR) is 79.3 cm³/mol. The van der Waals surface area contributed by atoms with Crippen LogP contribution in [0.1, 0.15) is 27.9 Å². The zero-order valence-electron chi connectivity index (χ0n) is 11.5. The van der Waals surface area contributed by atoms with Crippen molar-refractivity contribution in [2.45, 2.75) is 13.3 Å². The minimum absolute atomic E-state index is 0.111. The Labute approximate surface area is 117 Å². The molecule has 3 heteroatoms. The molecule has 0 unspecified atom stereocenters. The fourth-order valence-electron chi connectivity index (χ4n) is 2.49. The van der Waals surface area contributed by atoms with E-state index < -0.39 is 0 Å². The van der Waals surface area contributed by atoms with E-state index >= 15 is 0 Å². The van der Waals surface area contributed by atoms with Crippen LogP contribution in [0, 0.1) is 6.92 Å². The molecule has 2 aromatic carbocycles. The highest BCUT2D eigenvalue weighted by Crippen LogP contribution is 2.32. The van der Waals surface area contributed by atoms with Crippen LogP contribution < -0.4 is 4.74 Å². The van der Waals surface area contributed by atoms with Crippen LogP contribution in [0.2, 0.25) is 0 Å². The van der Waals surface area contributed by atoms with Crippen molar-refractivity contribution in [3.8, 4) is 5.75 Å². The van der Waals surface area contributed by atoms with Crippen LogP contribution in [0.15, 0.2) is 47.5 Å². The van der Waals surface area contributed by atoms with E-state index in [9.17, 15) is 4.79 Å². The molecule has 0 saturated carbocycles. The van der Waals surface area contributed by atoms with Crippen LogP contribution >= 0.6 is 0 Å². The van der Waals surface area contributed by atoms with Gasteiger partial charge in [0.1, 0.15) is 5.75 Å². The summed E-state index contributed by atoms with van der Waals surface area (Å²) in [6, 6.07) is 13.4. The first-order valence-corrected chi connectivity index (χ1v) is 6.54. The number of methoxy groups -OCH3 is 1. The number of ether oxygens (including phenoxy) is 1. The summed E-state index contributed by atoms with van der Waals surface area (Å²) in [7, 11) is 1.63. The minimum atomic E-state index is 0.111. The molecule has 100 valence electrons. The number of benzene rings is 2. The number of hydrogen-bond donors (Lipinski definition) is 0. The Morgan fingerprint density at radius 2 is 1.80 bits per heavy atom. The van der Waals surface area contributed by atoms with Crippen LogP contribution in [0.5, 0.6) is 5.75 Å². The summed E-state index contributed by atoms with van der Waals surface area (Å²) in [6.45, 7) is 1.97. The summed E-state index contributed by atoms with van der Waals surface area (Å²) in [5.41, 5.74) is 4.17. The SMILES string of the molecule is COc1ccccc1C1=Nc2c(C)cccc2C(=O)C1. The lowest BCUT2D eigenvalue weighted by molar-refractivity contribution is 0.1000. The number of hydrogen-bond acceptors (Lipinski definition) is 3. The Bertz CT molecular complexity index is 717. The van der Waals surface area contributed by atoms with E-state index in [1.807, 2.05) is 49.4 Å². The van der Waals surface area contributed by atoms with Gasteiger partial charge in [-0.1, -0.05) is 24.3 Å². The van der Waals surface area contributed by atoms with Crippen molar-refractivity contribution >= 4 is 17.2 Å². The summed E-state index contributed by atoms with van der Waals surface area (Å²) in [6.07, 6.45) is 0.316. The molecule has 1 aliphatic heterocycles. The van der Waals surface area contributed by atoms with Crippen molar-refractivity contribution in [2.75, 3.05) is 7.11 Å².